The van der Waals surface area contributed by atoms with Gasteiger partial charge in [-0.05, 0) is 12.1 Å². The monoisotopic (exact) mass is 369 g/mol. The van der Waals surface area contributed by atoms with Crippen molar-refractivity contribution in [2.24, 2.45) is 0 Å². The molecule has 0 radical (unpaired) electrons. The van der Waals surface area contributed by atoms with Crippen molar-refractivity contribution in [2.45, 2.75) is 11.3 Å². The summed E-state index contributed by atoms with van der Waals surface area (Å²) >= 11 is 0.710. The summed E-state index contributed by atoms with van der Waals surface area (Å²) in [7, 11) is -4.02. The molecule has 2 amide bonds. The van der Waals surface area contributed by atoms with E-state index in [9.17, 15) is 18.0 Å². The number of hydrogen-bond donors (Lipinski definition) is 3. The first kappa shape index (κ1) is 16.1. The number of carbonyl (C=O) groups is 2. The summed E-state index contributed by atoms with van der Waals surface area (Å²) in [4.78, 5) is 22.3. The molecule has 0 fully saturated rings. The van der Waals surface area contributed by atoms with Crippen molar-refractivity contribution in [2.75, 3.05) is 22.0 Å². The Balaban J connectivity index is 1.88. The highest BCUT2D eigenvalue weighted by Gasteiger charge is 2.25. The topological polar surface area (TPSA) is 139 Å². The number of aromatic nitrogens is 2. The first-order valence-corrected chi connectivity index (χ1v) is 8.85. The third-order valence-electron chi connectivity index (χ3n) is 2.80. The molecule has 3 N–H and O–H groups in total. The van der Waals surface area contributed by atoms with Crippen molar-refractivity contribution < 1.29 is 22.7 Å². The van der Waals surface area contributed by atoms with Crippen molar-refractivity contribution in [3.63, 3.8) is 0 Å². The van der Waals surface area contributed by atoms with Crippen LogP contribution in [0.4, 0.5) is 16.5 Å². The van der Waals surface area contributed by atoms with E-state index in [2.05, 4.69) is 25.6 Å². The van der Waals surface area contributed by atoms with E-state index in [0.717, 1.165) is 0 Å². The van der Waals surface area contributed by atoms with Crippen LogP contribution in [0, 0.1) is 0 Å². The minimum absolute atomic E-state index is 0.0708. The Labute approximate surface area is 140 Å². The van der Waals surface area contributed by atoms with Gasteiger partial charge in [0, 0.05) is 6.92 Å². The highest BCUT2D eigenvalue weighted by Crippen LogP contribution is 2.36. The van der Waals surface area contributed by atoms with Crippen molar-refractivity contribution >= 4 is 49.7 Å². The van der Waals surface area contributed by atoms with E-state index >= 15 is 0 Å². The first-order valence-electron chi connectivity index (χ1n) is 6.55. The van der Waals surface area contributed by atoms with Gasteiger partial charge in [-0.1, -0.05) is 17.4 Å². The van der Waals surface area contributed by atoms with Crippen LogP contribution in [0.15, 0.2) is 22.5 Å². The van der Waals surface area contributed by atoms with Crippen LogP contribution in [0.2, 0.25) is 0 Å². The van der Waals surface area contributed by atoms with Crippen LogP contribution in [-0.2, 0) is 19.6 Å². The van der Waals surface area contributed by atoms with E-state index in [1.165, 1.54) is 13.0 Å². The van der Waals surface area contributed by atoms with Crippen LogP contribution in [0.5, 0.6) is 5.75 Å². The fourth-order valence-electron chi connectivity index (χ4n) is 1.90. The van der Waals surface area contributed by atoms with Crippen molar-refractivity contribution in [3.8, 4) is 5.75 Å². The lowest BCUT2D eigenvalue weighted by atomic mass is 10.2. The van der Waals surface area contributed by atoms with Crippen LogP contribution in [-0.4, -0.2) is 37.0 Å². The Hall–Kier alpha value is -2.73. The maximum absolute atomic E-state index is 12.4. The highest BCUT2D eigenvalue weighted by molar-refractivity contribution is 7.94. The average Bonchev–Trinajstić information content (AvgIpc) is 2.95. The molecular formula is C12H11N5O5S2. The molecule has 1 aliphatic rings. The second kappa shape index (κ2) is 6.05. The average molecular weight is 369 g/mol. The van der Waals surface area contributed by atoms with E-state index in [1.807, 2.05) is 0 Å². The summed E-state index contributed by atoms with van der Waals surface area (Å²) in [6.45, 7) is 1.06. The van der Waals surface area contributed by atoms with Gasteiger partial charge in [-0.25, -0.2) is 0 Å². The SMILES string of the molecule is CC(=O)Nc1nnc(S(=O)(=O)Nc2cccc3c2OCC(=O)N3)s1. The largest absolute Gasteiger partial charge is 0.479 e. The van der Waals surface area contributed by atoms with E-state index in [4.69, 9.17) is 4.74 Å². The Morgan fingerprint density at radius 1 is 1.38 bits per heavy atom. The molecule has 1 aromatic heterocycles. The van der Waals surface area contributed by atoms with Crippen LogP contribution >= 0.6 is 11.3 Å². The number of rotatable bonds is 4. The lowest BCUT2D eigenvalue weighted by Crippen LogP contribution is -2.26. The summed E-state index contributed by atoms with van der Waals surface area (Å²) in [5.74, 6) is -0.497. The molecule has 12 heteroatoms. The molecule has 0 saturated heterocycles. The summed E-state index contributed by atoms with van der Waals surface area (Å²) in [5.41, 5.74) is 0.520. The molecule has 10 nitrogen and oxygen atoms in total. The summed E-state index contributed by atoms with van der Waals surface area (Å²) in [5, 5.41) is 12.2. The van der Waals surface area contributed by atoms with Crippen LogP contribution in [0.25, 0.3) is 0 Å². The van der Waals surface area contributed by atoms with E-state index in [-0.39, 0.29) is 39.3 Å². The van der Waals surface area contributed by atoms with Crippen molar-refractivity contribution in [1.82, 2.24) is 10.2 Å². The number of anilines is 3. The number of sulfonamides is 1. The molecule has 1 aliphatic heterocycles. The highest BCUT2D eigenvalue weighted by atomic mass is 32.2. The predicted molar refractivity (Wildman–Crippen MR) is 85.6 cm³/mol. The fourth-order valence-corrected chi connectivity index (χ4v) is 3.91. The van der Waals surface area contributed by atoms with E-state index < -0.39 is 10.0 Å². The van der Waals surface area contributed by atoms with Gasteiger partial charge in [0.05, 0.1) is 11.4 Å². The van der Waals surface area contributed by atoms with E-state index in [1.54, 1.807) is 12.1 Å². The molecule has 0 saturated carbocycles. The van der Waals surface area contributed by atoms with Crippen LogP contribution in [0.3, 0.4) is 0 Å². The number of benzene rings is 1. The van der Waals surface area contributed by atoms with Crippen molar-refractivity contribution in [3.05, 3.63) is 18.2 Å². The molecule has 0 unspecified atom stereocenters. The second-order valence-electron chi connectivity index (χ2n) is 4.68. The molecule has 0 bridgehead atoms. The zero-order valence-electron chi connectivity index (χ0n) is 12.2. The Morgan fingerprint density at radius 2 is 2.17 bits per heavy atom. The maximum atomic E-state index is 12.4. The van der Waals surface area contributed by atoms with Gasteiger partial charge in [-0.3, -0.25) is 14.3 Å². The molecule has 0 aliphatic carbocycles. The molecule has 2 aromatic rings. The van der Waals surface area contributed by atoms with Crippen molar-refractivity contribution in [1.29, 1.82) is 0 Å². The van der Waals surface area contributed by atoms with Gasteiger partial charge in [0.1, 0.15) is 0 Å². The number of ether oxygens (including phenoxy) is 1. The van der Waals surface area contributed by atoms with Gasteiger partial charge in [0.25, 0.3) is 20.3 Å². The molecule has 3 rings (SSSR count). The summed E-state index contributed by atoms with van der Waals surface area (Å²) < 4.78 is 32.1. The summed E-state index contributed by atoms with van der Waals surface area (Å²) in [6.07, 6.45) is 0. The minimum Gasteiger partial charge on any atom is -0.479 e. The lowest BCUT2D eigenvalue weighted by Gasteiger charge is -2.20. The van der Waals surface area contributed by atoms with Gasteiger partial charge < -0.3 is 15.4 Å². The standard InChI is InChI=1S/C12H11N5O5S2/c1-6(18)13-11-15-16-12(23-11)24(20,21)17-8-4-2-3-7-10(8)22-5-9(19)14-7/h2-4,17H,5H2,1H3,(H,14,19)(H,13,15,18). The molecular weight excluding hydrogens is 358 g/mol. The molecule has 0 spiro atoms. The number of hydrogen-bond acceptors (Lipinski definition) is 8. The van der Waals surface area contributed by atoms with Gasteiger partial charge >= 0.3 is 0 Å². The number of amides is 2. The lowest BCUT2D eigenvalue weighted by molar-refractivity contribution is -0.118. The van der Waals surface area contributed by atoms with E-state index in [0.29, 0.717) is 17.0 Å². The zero-order valence-corrected chi connectivity index (χ0v) is 13.8. The molecule has 126 valence electrons. The molecule has 2 heterocycles. The number of carbonyl (C=O) groups excluding carboxylic acids is 2. The van der Waals surface area contributed by atoms with Crippen LogP contribution < -0.4 is 20.1 Å². The number of nitrogens with zero attached hydrogens (tertiary/aromatic N) is 2. The number of nitrogens with one attached hydrogen (secondary N) is 3. The van der Waals surface area contributed by atoms with Gasteiger partial charge in [-0.15, -0.1) is 10.2 Å². The van der Waals surface area contributed by atoms with Gasteiger partial charge in [0.2, 0.25) is 11.0 Å². The first-order chi connectivity index (χ1) is 11.3. The van der Waals surface area contributed by atoms with Gasteiger partial charge in [0.15, 0.2) is 12.4 Å². The number of para-hydroxylation sites is 1. The Bertz CT molecular complexity index is 924. The Morgan fingerprint density at radius 3 is 2.92 bits per heavy atom. The fraction of sp³-hybridized carbons (Fsp3) is 0.167. The maximum Gasteiger partial charge on any atom is 0.291 e. The van der Waals surface area contributed by atoms with Crippen LogP contribution in [0.1, 0.15) is 6.92 Å². The predicted octanol–water partition coefficient (Wildman–Crippen LogP) is 0.628. The zero-order chi connectivity index (χ0) is 17.3. The second-order valence-corrected chi connectivity index (χ2v) is 7.51. The smallest absolute Gasteiger partial charge is 0.291 e. The molecule has 24 heavy (non-hydrogen) atoms. The molecule has 0 atom stereocenters. The quantitative estimate of drug-likeness (QED) is 0.672. The third-order valence-corrected chi connectivity index (χ3v) is 5.37. The molecule has 1 aromatic carbocycles. The Kier molecular flexibility index (Phi) is 4.07. The third kappa shape index (κ3) is 3.28. The number of fused-ring (bicyclic) bond motifs is 1. The van der Waals surface area contributed by atoms with Gasteiger partial charge in [-0.2, -0.15) is 8.42 Å². The summed E-state index contributed by atoms with van der Waals surface area (Å²) in [6, 6.07) is 4.64. The minimum atomic E-state index is -4.02. The normalized spacial score (nSPS) is 13.5.